The molecular formula is C9H19N. The van der Waals surface area contributed by atoms with Gasteiger partial charge in [0.1, 0.15) is 0 Å². The molecule has 10 heavy (non-hydrogen) atoms. The van der Waals surface area contributed by atoms with Gasteiger partial charge < -0.3 is 5.73 Å². The highest BCUT2D eigenvalue weighted by Crippen LogP contribution is 1.93. The summed E-state index contributed by atoms with van der Waals surface area (Å²) in [6, 6.07) is 0. The summed E-state index contributed by atoms with van der Waals surface area (Å²) in [5.41, 5.74) is 7.53. The third-order valence-electron chi connectivity index (χ3n) is 0.789. The van der Waals surface area contributed by atoms with Crippen LogP contribution in [-0.2, 0) is 0 Å². The van der Waals surface area contributed by atoms with E-state index in [1.54, 1.807) is 0 Å². The van der Waals surface area contributed by atoms with E-state index in [1.165, 1.54) is 5.57 Å². The van der Waals surface area contributed by atoms with Crippen molar-refractivity contribution in [2.45, 2.75) is 34.6 Å². The molecule has 0 aromatic heterocycles. The molecule has 60 valence electrons. The number of allylic oxidation sites excluding steroid dienone is 3. The van der Waals surface area contributed by atoms with Gasteiger partial charge in [-0.3, -0.25) is 0 Å². The molecule has 0 fully saturated rings. The Morgan fingerprint density at radius 2 is 1.60 bits per heavy atom. The zero-order valence-corrected chi connectivity index (χ0v) is 7.73. The average molecular weight is 141 g/mol. The highest BCUT2D eigenvalue weighted by molar-refractivity contribution is 5.17. The van der Waals surface area contributed by atoms with E-state index in [-0.39, 0.29) is 0 Å². The van der Waals surface area contributed by atoms with Crippen molar-refractivity contribution < 1.29 is 0 Å². The van der Waals surface area contributed by atoms with E-state index < -0.39 is 0 Å². The van der Waals surface area contributed by atoms with Crippen LogP contribution in [0.15, 0.2) is 23.4 Å². The molecule has 1 heteroatoms. The van der Waals surface area contributed by atoms with Gasteiger partial charge in [0.15, 0.2) is 0 Å². The number of nitrogens with two attached hydrogens (primary N) is 1. The predicted octanol–water partition coefficient (Wildman–Crippen LogP) is 2.84. The minimum Gasteiger partial charge on any atom is -0.399 e. The van der Waals surface area contributed by atoms with E-state index in [9.17, 15) is 0 Å². The topological polar surface area (TPSA) is 26.0 Å². The van der Waals surface area contributed by atoms with E-state index in [4.69, 9.17) is 5.73 Å². The lowest BCUT2D eigenvalue weighted by Crippen LogP contribution is -1.91. The van der Waals surface area contributed by atoms with Crippen molar-refractivity contribution in [1.29, 1.82) is 0 Å². The zero-order chi connectivity index (χ0) is 8.57. The SMILES string of the molecule is C/C=C(/N)C=C(C)C.CC. The lowest BCUT2D eigenvalue weighted by Gasteiger charge is -1.89. The summed E-state index contributed by atoms with van der Waals surface area (Å²) in [7, 11) is 0. The molecule has 0 saturated carbocycles. The first-order chi connectivity index (χ1) is 4.66. The Morgan fingerprint density at radius 3 is 1.70 bits per heavy atom. The van der Waals surface area contributed by atoms with Gasteiger partial charge in [-0.2, -0.15) is 0 Å². The van der Waals surface area contributed by atoms with Gasteiger partial charge in [-0.1, -0.05) is 25.5 Å². The van der Waals surface area contributed by atoms with E-state index >= 15 is 0 Å². The van der Waals surface area contributed by atoms with Gasteiger partial charge in [0.05, 0.1) is 0 Å². The van der Waals surface area contributed by atoms with Crippen LogP contribution in [-0.4, -0.2) is 0 Å². The van der Waals surface area contributed by atoms with Crippen molar-refractivity contribution >= 4 is 0 Å². The van der Waals surface area contributed by atoms with Crippen molar-refractivity contribution in [2.24, 2.45) is 5.73 Å². The highest BCUT2D eigenvalue weighted by Gasteiger charge is 1.77. The van der Waals surface area contributed by atoms with Crippen molar-refractivity contribution in [3.05, 3.63) is 23.4 Å². The highest BCUT2D eigenvalue weighted by atomic mass is 14.5. The van der Waals surface area contributed by atoms with Crippen molar-refractivity contribution in [3.63, 3.8) is 0 Å². The van der Waals surface area contributed by atoms with E-state index in [0.717, 1.165) is 5.70 Å². The lowest BCUT2D eigenvalue weighted by molar-refractivity contribution is 1.31. The first kappa shape index (κ1) is 12.0. The first-order valence-corrected chi connectivity index (χ1v) is 3.73. The molecule has 1 nitrogen and oxygen atoms in total. The fraction of sp³-hybridized carbons (Fsp3) is 0.556. The summed E-state index contributed by atoms with van der Waals surface area (Å²) in [5.74, 6) is 0. The summed E-state index contributed by atoms with van der Waals surface area (Å²) in [5, 5.41) is 0. The molecule has 0 aliphatic heterocycles. The zero-order valence-electron chi connectivity index (χ0n) is 7.73. The summed E-state index contributed by atoms with van der Waals surface area (Å²) >= 11 is 0. The quantitative estimate of drug-likeness (QED) is 0.558. The number of rotatable bonds is 1. The molecule has 0 aromatic carbocycles. The van der Waals surface area contributed by atoms with Crippen molar-refractivity contribution in [2.75, 3.05) is 0 Å². The standard InChI is InChI=1S/C7H13N.C2H6/c1-4-7(8)5-6(2)3;1-2/h4-5H,8H2,1-3H3;1-2H3/b7-4+;. The van der Waals surface area contributed by atoms with Gasteiger partial charge in [0, 0.05) is 5.70 Å². The smallest absolute Gasteiger partial charge is 0.0269 e. The Labute approximate surface area is 64.6 Å². The molecule has 0 aromatic rings. The van der Waals surface area contributed by atoms with Crippen molar-refractivity contribution in [3.8, 4) is 0 Å². The average Bonchev–Trinajstić information content (AvgIpc) is 1.91. The minimum absolute atomic E-state index is 0.838. The molecule has 0 aliphatic carbocycles. The molecule has 0 bridgehead atoms. The molecule has 2 N–H and O–H groups in total. The second kappa shape index (κ2) is 8.28. The Bertz CT molecular complexity index is 117. The van der Waals surface area contributed by atoms with Gasteiger partial charge >= 0.3 is 0 Å². The maximum atomic E-state index is 5.46. The largest absolute Gasteiger partial charge is 0.399 e. The molecule has 0 saturated heterocycles. The third kappa shape index (κ3) is 10.3. The Hall–Kier alpha value is -0.720. The molecule has 0 atom stereocenters. The minimum atomic E-state index is 0.838. The van der Waals surface area contributed by atoms with Gasteiger partial charge in [-0.25, -0.2) is 0 Å². The van der Waals surface area contributed by atoms with Crippen LogP contribution in [0.25, 0.3) is 0 Å². The number of hydrogen-bond donors (Lipinski definition) is 1. The Morgan fingerprint density at radius 1 is 1.20 bits per heavy atom. The van der Waals surface area contributed by atoms with Crippen LogP contribution < -0.4 is 5.73 Å². The first-order valence-electron chi connectivity index (χ1n) is 3.73. The molecule has 0 aliphatic rings. The van der Waals surface area contributed by atoms with Crippen LogP contribution in [0.3, 0.4) is 0 Å². The van der Waals surface area contributed by atoms with Crippen LogP contribution in [0.4, 0.5) is 0 Å². The van der Waals surface area contributed by atoms with Crippen LogP contribution >= 0.6 is 0 Å². The van der Waals surface area contributed by atoms with E-state index in [0.29, 0.717) is 0 Å². The Kier molecular flexibility index (Phi) is 9.94. The maximum absolute atomic E-state index is 5.46. The molecule has 0 unspecified atom stereocenters. The lowest BCUT2D eigenvalue weighted by atomic mass is 10.3. The summed E-state index contributed by atoms with van der Waals surface area (Å²) in [6.45, 7) is 9.97. The van der Waals surface area contributed by atoms with E-state index in [1.807, 2.05) is 46.8 Å². The monoisotopic (exact) mass is 141 g/mol. The molecule has 0 amide bonds. The predicted molar refractivity (Wildman–Crippen MR) is 48.7 cm³/mol. The normalized spacial score (nSPS) is 9.50. The second-order valence-electron chi connectivity index (χ2n) is 2.01. The molecule has 0 radical (unpaired) electrons. The molecular weight excluding hydrogens is 122 g/mol. The molecule has 0 spiro atoms. The van der Waals surface area contributed by atoms with Crippen LogP contribution in [0.2, 0.25) is 0 Å². The van der Waals surface area contributed by atoms with Gasteiger partial charge in [-0.15, -0.1) is 0 Å². The summed E-state index contributed by atoms with van der Waals surface area (Å²) < 4.78 is 0. The Balaban J connectivity index is 0. The second-order valence-corrected chi connectivity index (χ2v) is 2.01. The van der Waals surface area contributed by atoms with Crippen LogP contribution in [0.1, 0.15) is 34.6 Å². The summed E-state index contributed by atoms with van der Waals surface area (Å²) in [4.78, 5) is 0. The van der Waals surface area contributed by atoms with Gasteiger partial charge in [0.2, 0.25) is 0 Å². The molecule has 0 heterocycles. The van der Waals surface area contributed by atoms with E-state index in [2.05, 4.69) is 0 Å². The maximum Gasteiger partial charge on any atom is 0.0269 e. The van der Waals surface area contributed by atoms with Gasteiger partial charge in [0.25, 0.3) is 0 Å². The third-order valence-corrected chi connectivity index (χ3v) is 0.789. The fourth-order valence-corrected chi connectivity index (χ4v) is 0.417. The summed E-state index contributed by atoms with van der Waals surface area (Å²) in [6.07, 6.45) is 3.83. The fourth-order valence-electron chi connectivity index (χ4n) is 0.417. The number of hydrogen-bond acceptors (Lipinski definition) is 1. The van der Waals surface area contributed by atoms with Gasteiger partial charge in [-0.05, 0) is 26.8 Å². The molecule has 0 rings (SSSR count). The van der Waals surface area contributed by atoms with Crippen LogP contribution in [0, 0.1) is 0 Å². The van der Waals surface area contributed by atoms with Crippen molar-refractivity contribution in [1.82, 2.24) is 0 Å². The van der Waals surface area contributed by atoms with Crippen LogP contribution in [0.5, 0.6) is 0 Å².